The van der Waals surface area contributed by atoms with Gasteiger partial charge in [-0.15, -0.1) is 0 Å². The van der Waals surface area contributed by atoms with Gasteiger partial charge in [-0.3, -0.25) is 9.69 Å². The number of likely N-dealkylation sites (tertiary alicyclic amines) is 1. The predicted molar refractivity (Wildman–Crippen MR) is 80.8 cm³/mol. The van der Waals surface area contributed by atoms with Gasteiger partial charge in [0.05, 0.1) is 5.56 Å². The second-order valence-electron chi connectivity index (χ2n) is 5.45. The van der Waals surface area contributed by atoms with Crippen LogP contribution in [0.4, 0.5) is 4.39 Å². The van der Waals surface area contributed by atoms with E-state index < -0.39 is 5.82 Å². The number of carbonyl (C=O) groups is 1. The number of rotatable bonds is 4. The summed E-state index contributed by atoms with van der Waals surface area (Å²) in [4.78, 5) is 14.9. The van der Waals surface area contributed by atoms with Crippen molar-refractivity contribution in [2.45, 2.75) is 19.4 Å². The highest BCUT2D eigenvalue weighted by Crippen LogP contribution is 2.20. The molecule has 108 valence electrons. The Labute approximate surface area is 124 Å². The highest BCUT2D eigenvalue weighted by molar-refractivity contribution is 6.10. The molecule has 0 unspecified atom stereocenters. The minimum atomic E-state index is -0.460. The van der Waals surface area contributed by atoms with Gasteiger partial charge < -0.3 is 0 Å². The van der Waals surface area contributed by atoms with Gasteiger partial charge in [0.1, 0.15) is 5.82 Å². The van der Waals surface area contributed by atoms with Crippen LogP contribution in [0.5, 0.6) is 0 Å². The fourth-order valence-electron chi connectivity index (χ4n) is 2.85. The zero-order valence-electron chi connectivity index (χ0n) is 11.9. The average molecular weight is 283 g/mol. The molecule has 1 fully saturated rings. The molecule has 0 N–H and O–H groups in total. The lowest BCUT2D eigenvalue weighted by Crippen LogP contribution is -2.20. The molecule has 21 heavy (non-hydrogen) atoms. The molecule has 1 saturated heterocycles. The van der Waals surface area contributed by atoms with E-state index in [9.17, 15) is 9.18 Å². The Morgan fingerprint density at radius 3 is 2.29 bits per heavy atom. The van der Waals surface area contributed by atoms with E-state index in [1.54, 1.807) is 24.3 Å². The van der Waals surface area contributed by atoms with E-state index in [2.05, 4.69) is 4.90 Å². The molecule has 0 saturated carbocycles. The van der Waals surface area contributed by atoms with Crippen LogP contribution in [-0.2, 0) is 6.54 Å². The first-order valence-corrected chi connectivity index (χ1v) is 7.35. The third-order valence-corrected chi connectivity index (χ3v) is 3.97. The maximum Gasteiger partial charge on any atom is 0.196 e. The van der Waals surface area contributed by atoms with Crippen LogP contribution in [0.2, 0.25) is 0 Å². The summed E-state index contributed by atoms with van der Waals surface area (Å²) < 4.78 is 13.8. The lowest BCUT2D eigenvalue weighted by atomic mass is 9.97. The van der Waals surface area contributed by atoms with Gasteiger partial charge >= 0.3 is 0 Å². The van der Waals surface area contributed by atoms with Crippen molar-refractivity contribution in [1.82, 2.24) is 4.90 Å². The summed E-state index contributed by atoms with van der Waals surface area (Å²) in [5, 5.41) is 0. The minimum absolute atomic E-state index is 0.145. The van der Waals surface area contributed by atoms with Crippen LogP contribution in [0.3, 0.4) is 0 Å². The van der Waals surface area contributed by atoms with Gasteiger partial charge in [-0.25, -0.2) is 4.39 Å². The molecule has 2 aromatic carbocycles. The summed E-state index contributed by atoms with van der Waals surface area (Å²) in [5.74, 6) is -0.693. The highest BCUT2D eigenvalue weighted by atomic mass is 19.1. The maximum atomic E-state index is 13.8. The maximum absolute atomic E-state index is 13.8. The zero-order chi connectivity index (χ0) is 14.7. The van der Waals surface area contributed by atoms with E-state index in [1.807, 2.05) is 18.2 Å². The molecule has 1 aliphatic rings. The summed E-state index contributed by atoms with van der Waals surface area (Å²) in [6.07, 6.45) is 2.42. The second-order valence-corrected chi connectivity index (χ2v) is 5.45. The van der Waals surface area contributed by atoms with Crippen LogP contribution in [0, 0.1) is 5.82 Å². The summed E-state index contributed by atoms with van der Waals surface area (Å²) >= 11 is 0. The average Bonchev–Trinajstić information content (AvgIpc) is 3.01. The number of halogens is 1. The fraction of sp³-hybridized carbons (Fsp3) is 0.278. The van der Waals surface area contributed by atoms with Crippen molar-refractivity contribution in [2.24, 2.45) is 0 Å². The molecule has 0 amide bonds. The number of benzene rings is 2. The summed E-state index contributed by atoms with van der Waals surface area (Å²) in [6, 6.07) is 13.7. The molecule has 2 nitrogen and oxygen atoms in total. The summed E-state index contributed by atoms with van der Waals surface area (Å²) in [5.41, 5.74) is 1.73. The smallest absolute Gasteiger partial charge is 0.196 e. The van der Waals surface area contributed by atoms with Crippen molar-refractivity contribution in [3.63, 3.8) is 0 Å². The molecule has 3 rings (SSSR count). The number of hydrogen-bond donors (Lipinski definition) is 0. The van der Waals surface area contributed by atoms with Crippen LogP contribution < -0.4 is 0 Å². The number of hydrogen-bond acceptors (Lipinski definition) is 2. The molecule has 1 aliphatic heterocycles. The molecule has 0 radical (unpaired) electrons. The molecule has 0 aliphatic carbocycles. The van der Waals surface area contributed by atoms with Crippen LogP contribution in [-0.4, -0.2) is 23.8 Å². The Morgan fingerprint density at radius 1 is 0.952 bits per heavy atom. The topological polar surface area (TPSA) is 20.3 Å². The first-order valence-electron chi connectivity index (χ1n) is 7.35. The number of nitrogens with zero attached hydrogens (tertiary/aromatic N) is 1. The van der Waals surface area contributed by atoms with E-state index in [0.717, 1.165) is 25.2 Å². The minimum Gasteiger partial charge on any atom is -0.299 e. The largest absolute Gasteiger partial charge is 0.299 e. The molecular weight excluding hydrogens is 265 g/mol. The van der Waals surface area contributed by atoms with Crippen LogP contribution >= 0.6 is 0 Å². The Balaban J connectivity index is 1.91. The van der Waals surface area contributed by atoms with Gasteiger partial charge in [0, 0.05) is 12.1 Å². The Morgan fingerprint density at radius 2 is 1.57 bits per heavy atom. The van der Waals surface area contributed by atoms with Crippen molar-refractivity contribution in [2.75, 3.05) is 13.1 Å². The first-order chi connectivity index (χ1) is 10.3. The molecule has 0 bridgehead atoms. The van der Waals surface area contributed by atoms with Gasteiger partial charge in [0.15, 0.2) is 5.78 Å². The van der Waals surface area contributed by atoms with Crippen molar-refractivity contribution in [1.29, 1.82) is 0 Å². The lowest BCUT2D eigenvalue weighted by Gasteiger charge is -2.17. The molecule has 2 aromatic rings. The molecular formula is C18H18FNO. The number of ketones is 1. The zero-order valence-corrected chi connectivity index (χ0v) is 11.9. The predicted octanol–water partition coefficient (Wildman–Crippen LogP) is 3.65. The van der Waals surface area contributed by atoms with Gasteiger partial charge in [-0.1, -0.05) is 36.4 Å². The Kier molecular flexibility index (Phi) is 4.11. The molecule has 0 spiro atoms. The van der Waals surface area contributed by atoms with E-state index in [0.29, 0.717) is 5.56 Å². The van der Waals surface area contributed by atoms with Crippen molar-refractivity contribution in [3.8, 4) is 0 Å². The monoisotopic (exact) mass is 283 g/mol. The molecule has 0 aromatic heterocycles. The first kappa shape index (κ1) is 14.0. The van der Waals surface area contributed by atoms with Gasteiger partial charge in [0.2, 0.25) is 0 Å². The van der Waals surface area contributed by atoms with Crippen molar-refractivity contribution >= 4 is 5.78 Å². The Hall–Kier alpha value is -2.00. The quantitative estimate of drug-likeness (QED) is 0.798. The normalized spacial score (nSPS) is 15.3. The van der Waals surface area contributed by atoms with Gasteiger partial charge in [-0.2, -0.15) is 0 Å². The molecule has 3 heteroatoms. The summed E-state index contributed by atoms with van der Waals surface area (Å²) in [6.45, 7) is 2.90. The standard InChI is InChI=1S/C18H18FNO/c19-17-10-4-3-9-16(17)18(21)15-8-2-1-7-14(15)13-20-11-5-6-12-20/h1-4,7-10H,5-6,11-13H2. The van der Waals surface area contributed by atoms with E-state index in [-0.39, 0.29) is 11.3 Å². The Bertz CT molecular complexity index is 647. The van der Waals surface area contributed by atoms with Gasteiger partial charge in [-0.05, 0) is 43.6 Å². The van der Waals surface area contributed by atoms with Gasteiger partial charge in [0.25, 0.3) is 0 Å². The highest BCUT2D eigenvalue weighted by Gasteiger charge is 2.19. The van der Waals surface area contributed by atoms with E-state index in [1.165, 1.54) is 18.9 Å². The summed E-state index contributed by atoms with van der Waals surface area (Å²) in [7, 11) is 0. The van der Waals surface area contributed by atoms with Crippen LogP contribution in [0.15, 0.2) is 48.5 Å². The van der Waals surface area contributed by atoms with E-state index >= 15 is 0 Å². The number of carbonyl (C=O) groups excluding carboxylic acids is 1. The second kappa shape index (κ2) is 6.19. The fourth-order valence-corrected chi connectivity index (χ4v) is 2.85. The molecule has 1 heterocycles. The SMILES string of the molecule is O=C(c1ccccc1F)c1ccccc1CN1CCCC1. The third-order valence-electron chi connectivity index (χ3n) is 3.97. The molecule has 0 atom stereocenters. The van der Waals surface area contributed by atoms with Crippen LogP contribution in [0.1, 0.15) is 34.3 Å². The van der Waals surface area contributed by atoms with Crippen molar-refractivity contribution < 1.29 is 9.18 Å². The third kappa shape index (κ3) is 3.03. The van der Waals surface area contributed by atoms with E-state index in [4.69, 9.17) is 0 Å². The van der Waals surface area contributed by atoms with Crippen LogP contribution in [0.25, 0.3) is 0 Å². The lowest BCUT2D eigenvalue weighted by molar-refractivity contribution is 0.103. The van der Waals surface area contributed by atoms with Crippen molar-refractivity contribution in [3.05, 3.63) is 71.0 Å².